The van der Waals surface area contributed by atoms with E-state index in [0.29, 0.717) is 19.4 Å². The van der Waals surface area contributed by atoms with Crippen molar-refractivity contribution >= 4 is 11.9 Å². The predicted molar refractivity (Wildman–Crippen MR) is 333 cm³/mol. The van der Waals surface area contributed by atoms with Gasteiger partial charge in [0, 0.05) is 12.8 Å². The standard InChI is InChI=1S/C70H135NO5/c1-3-5-7-9-11-13-15-17-18-19-29-32-35-39-42-46-50-54-58-62-68(73)67(66-72)71-69(74)63-59-55-51-47-43-40-36-33-30-27-25-23-21-20-22-24-26-28-31-34-37-41-45-49-53-57-61-65-76-70(75)64-60-56-52-48-44-38-16-14-12-10-8-6-4-2/h20-21,58,62,67-68,72-73H,3-19,22-57,59-61,63-66H2,1-2H3,(H,71,74)/b21-20-,62-58+. The van der Waals surface area contributed by atoms with Crippen molar-refractivity contribution in [1.82, 2.24) is 5.32 Å². The highest BCUT2D eigenvalue weighted by molar-refractivity contribution is 5.76. The molecule has 6 nitrogen and oxygen atoms in total. The number of unbranched alkanes of at least 4 members (excludes halogenated alkanes) is 52. The van der Waals surface area contributed by atoms with Gasteiger partial charge in [-0.15, -0.1) is 0 Å². The van der Waals surface area contributed by atoms with Crippen LogP contribution >= 0.6 is 0 Å². The minimum absolute atomic E-state index is 0.0169. The Morgan fingerprint density at radius 1 is 0.355 bits per heavy atom. The molecule has 1 amide bonds. The molecule has 0 aliphatic carbocycles. The smallest absolute Gasteiger partial charge is 0.305 e. The van der Waals surface area contributed by atoms with Crippen LogP contribution in [-0.2, 0) is 14.3 Å². The summed E-state index contributed by atoms with van der Waals surface area (Å²) in [6.45, 7) is 4.94. The van der Waals surface area contributed by atoms with Crippen molar-refractivity contribution < 1.29 is 24.5 Å². The Morgan fingerprint density at radius 2 is 0.618 bits per heavy atom. The average Bonchev–Trinajstić information content (AvgIpc) is 3.42. The number of carbonyl (C=O) groups excluding carboxylic acids is 2. The van der Waals surface area contributed by atoms with Gasteiger partial charge in [-0.05, 0) is 57.8 Å². The highest BCUT2D eigenvalue weighted by Gasteiger charge is 2.18. The normalized spacial score (nSPS) is 12.6. The molecule has 2 atom stereocenters. The van der Waals surface area contributed by atoms with Crippen molar-refractivity contribution in [2.24, 2.45) is 0 Å². The predicted octanol–water partition coefficient (Wildman–Crippen LogP) is 22.1. The Labute approximate surface area is 475 Å². The van der Waals surface area contributed by atoms with E-state index >= 15 is 0 Å². The third-order valence-corrected chi connectivity index (χ3v) is 16.2. The number of hydrogen-bond donors (Lipinski definition) is 3. The number of aliphatic hydroxyl groups excluding tert-OH is 2. The van der Waals surface area contributed by atoms with E-state index in [4.69, 9.17) is 4.74 Å². The molecule has 2 unspecified atom stereocenters. The Morgan fingerprint density at radius 3 is 0.934 bits per heavy atom. The van der Waals surface area contributed by atoms with E-state index in [9.17, 15) is 19.8 Å². The van der Waals surface area contributed by atoms with Gasteiger partial charge in [-0.1, -0.05) is 340 Å². The summed E-state index contributed by atoms with van der Waals surface area (Å²) in [7, 11) is 0. The fourth-order valence-corrected chi connectivity index (χ4v) is 10.9. The van der Waals surface area contributed by atoms with Crippen molar-refractivity contribution in [1.29, 1.82) is 0 Å². The van der Waals surface area contributed by atoms with Crippen LogP contribution in [0.2, 0.25) is 0 Å². The Hall–Kier alpha value is -1.66. The molecular weight excluding hydrogens is 935 g/mol. The molecule has 450 valence electrons. The molecule has 3 N–H and O–H groups in total. The van der Waals surface area contributed by atoms with Gasteiger partial charge < -0.3 is 20.3 Å². The Kier molecular flexibility index (Phi) is 64.4. The topological polar surface area (TPSA) is 95.9 Å². The van der Waals surface area contributed by atoms with Crippen LogP contribution in [0.15, 0.2) is 24.3 Å². The zero-order valence-corrected chi connectivity index (χ0v) is 51.5. The van der Waals surface area contributed by atoms with Crippen molar-refractivity contribution in [3.63, 3.8) is 0 Å². The quantitative estimate of drug-likeness (QED) is 0.0320. The van der Waals surface area contributed by atoms with Gasteiger partial charge in [0.1, 0.15) is 0 Å². The molecular formula is C70H135NO5. The molecule has 0 radical (unpaired) electrons. The van der Waals surface area contributed by atoms with Crippen molar-refractivity contribution in [3.05, 3.63) is 24.3 Å². The molecule has 0 fully saturated rings. The molecule has 0 aliphatic heterocycles. The number of allylic oxidation sites excluding steroid dienone is 3. The molecule has 0 rings (SSSR count). The van der Waals surface area contributed by atoms with Gasteiger partial charge in [0.05, 0.1) is 25.4 Å². The van der Waals surface area contributed by atoms with Crippen LogP contribution in [-0.4, -0.2) is 47.4 Å². The third-order valence-electron chi connectivity index (χ3n) is 16.2. The summed E-state index contributed by atoms with van der Waals surface area (Å²) >= 11 is 0. The fraction of sp³-hybridized carbons (Fsp3) is 0.914. The molecule has 0 saturated heterocycles. The lowest BCUT2D eigenvalue weighted by atomic mass is 10.0. The summed E-state index contributed by atoms with van der Waals surface area (Å²) in [5, 5.41) is 23.2. The number of ether oxygens (including phenoxy) is 1. The number of esters is 1. The number of carbonyl (C=O) groups is 2. The lowest BCUT2D eigenvalue weighted by Gasteiger charge is -2.20. The van der Waals surface area contributed by atoms with E-state index in [1.165, 1.54) is 321 Å². The van der Waals surface area contributed by atoms with E-state index in [-0.39, 0.29) is 18.5 Å². The molecule has 6 heteroatoms. The van der Waals surface area contributed by atoms with Crippen LogP contribution in [0, 0.1) is 0 Å². The van der Waals surface area contributed by atoms with E-state index in [1.807, 2.05) is 6.08 Å². The first-order chi connectivity index (χ1) is 37.5. The van der Waals surface area contributed by atoms with Gasteiger partial charge in [-0.3, -0.25) is 9.59 Å². The second-order valence-electron chi connectivity index (χ2n) is 23.9. The van der Waals surface area contributed by atoms with Crippen LogP contribution in [0.4, 0.5) is 0 Å². The first-order valence-corrected chi connectivity index (χ1v) is 34.6. The summed E-state index contributed by atoms with van der Waals surface area (Å²) in [6, 6.07) is -0.629. The van der Waals surface area contributed by atoms with Gasteiger partial charge in [0.2, 0.25) is 5.91 Å². The van der Waals surface area contributed by atoms with Crippen LogP contribution in [0.25, 0.3) is 0 Å². The van der Waals surface area contributed by atoms with Gasteiger partial charge >= 0.3 is 5.97 Å². The second kappa shape index (κ2) is 65.9. The van der Waals surface area contributed by atoms with Crippen LogP contribution in [0.3, 0.4) is 0 Å². The summed E-state index contributed by atoms with van der Waals surface area (Å²) in [5.74, 6) is -0.0484. The monoisotopic (exact) mass is 1070 g/mol. The Bertz CT molecular complexity index is 1190. The molecule has 0 aromatic rings. The maximum Gasteiger partial charge on any atom is 0.305 e. The zero-order chi connectivity index (χ0) is 55.0. The fourth-order valence-electron chi connectivity index (χ4n) is 10.9. The summed E-state index contributed by atoms with van der Waals surface area (Å²) in [5.41, 5.74) is 0. The van der Waals surface area contributed by atoms with E-state index in [1.54, 1.807) is 6.08 Å². The number of hydrogen-bond acceptors (Lipinski definition) is 5. The molecule has 0 saturated carbocycles. The number of nitrogens with one attached hydrogen (secondary N) is 1. The van der Waals surface area contributed by atoms with Crippen molar-refractivity contribution in [2.45, 2.75) is 398 Å². The van der Waals surface area contributed by atoms with E-state index < -0.39 is 12.1 Å². The van der Waals surface area contributed by atoms with Gasteiger partial charge in [0.15, 0.2) is 0 Å². The minimum atomic E-state index is -0.845. The SMILES string of the molecule is CCCCCCCCCCCCCCCCCCC/C=C/C(O)C(CO)NC(=O)CCCCCCCCCCCCC/C=C\CCCCCCCCCCCCCCOC(=O)CCCCCCCCCCCCCCC. The highest BCUT2D eigenvalue weighted by atomic mass is 16.5. The summed E-state index contributed by atoms with van der Waals surface area (Å²) in [6.07, 6.45) is 82.5. The van der Waals surface area contributed by atoms with Crippen LogP contribution < -0.4 is 5.32 Å². The van der Waals surface area contributed by atoms with Gasteiger partial charge in [-0.25, -0.2) is 0 Å². The number of amides is 1. The molecule has 0 aliphatic rings. The lowest BCUT2D eigenvalue weighted by molar-refractivity contribution is -0.143. The molecule has 0 heterocycles. The second-order valence-corrected chi connectivity index (χ2v) is 23.9. The third kappa shape index (κ3) is 61.6. The van der Waals surface area contributed by atoms with Crippen molar-refractivity contribution in [2.75, 3.05) is 13.2 Å². The first-order valence-electron chi connectivity index (χ1n) is 34.6. The van der Waals surface area contributed by atoms with Gasteiger partial charge in [0.25, 0.3) is 0 Å². The lowest BCUT2D eigenvalue weighted by Crippen LogP contribution is -2.45. The summed E-state index contributed by atoms with van der Waals surface area (Å²) in [4.78, 5) is 24.6. The van der Waals surface area contributed by atoms with Gasteiger partial charge in [-0.2, -0.15) is 0 Å². The van der Waals surface area contributed by atoms with E-state index in [0.717, 1.165) is 38.5 Å². The molecule has 0 spiro atoms. The average molecular weight is 1070 g/mol. The Balaban J connectivity index is 3.40. The first kappa shape index (κ1) is 74.3. The number of rotatable bonds is 65. The molecule has 0 bridgehead atoms. The maximum absolute atomic E-state index is 12.5. The maximum atomic E-state index is 12.5. The molecule has 0 aromatic carbocycles. The van der Waals surface area contributed by atoms with Crippen LogP contribution in [0.1, 0.15) is 386 Å². The van der Waals surface area contributed by atoms with Crippen LogP contribution in [0.5, 0.6) is 0 Å². The molecule has 76 heavy (non-hydrogen) atoms. The summed E-state index contributed by atoms with van der Waals surface area (Å²) < 4.78 is 5.49. The highest BCUT2D eigenvalue weighted by Crippen LogP contribution is 2.18. The molecule has 0 aromatic heterocycles. The zero-order valence-electron chi connectivity index (χ0n) is 51.5. The largest absolute Gasteiger partial charge is 0.466 e. The number of aliphatic hydroxyl groups is 2. The van der Waals surface area contributed by atoms with E-state index in [2.05, 4.69) is 31.3 Å². The minimum Gasteiger partial charge on any atom is -0.466 e. The van der Waals surface area contributed by atoms with Crippen molar-refractivity contribution in [3.8, 4) is 0 Å².